The van der Waals surface area contributed by atoms with Gasteiger partial charge >= 0.3 is 6.09 Å². The highest BCUT2D eigenvalue weighted by atomic mass is 16.6. The molecule has 10 heteroatoms. The lowest BCUT2D eigenvalue weighted by atomic mass is 10.1. The SMILES string of the molecule is CCc1nc(C(N)=O)c(Nc2cccc(C#CCNC(=O)OC(C)(C)C)c2)nc1NC1CCOCC1. The average molecular weight is 495 g/mol. The number of ether oxygens (including phenoxy) is 2. The molecule has 192 valence electrons. The molecule has 0 unspecified atom stereocenters. The number of carbonyl (C=O) groups excluding carboxylic acids is 2. The van der Waals surface area contributed by atoms with Gasteiger partial charge in [0.1, 0.15) is 5.60 Å². The van der Waals surface area contributed by atoms with Gasteiger partial charge in [-0.15, -0.1) is 0 Å². The van der Waals surface area contributed by atoms with Gasteiger partial charge in [0.2, 0.25) is 0 Å². The summed E-state index contributed by atoms with van der Waals surface area (Å²) >= 11 is 0. The van der Waals surface area contributed by atoms with Gasteiger partial charge in [0, 0.05) is 30.5 Å². The molecule has 2 amide bonds. The van der Waals surface area contributed by atoms with Crippen molar-refractivity contribution in [2.24, 2.45) is 5.73 Å². The fraction of sp³-hybridized carbons (Fsp3) is 0.462. The van der Waals surface area contributed by atoms with Crippen molar-refractivity contribution in [2.45, 2.75) is 58.6 Å². The Kier molecular flexibility index (Phi) is 9.08. The summed E-state index contributed by atoms with van der Waals surface area (Å²) in [4.78, 5) is 33.1. The summed E-state index contributed by atoms with van der Waals surface area (Å²) in [5.74, 6) is 6.12. The van der Waals surface area contributed by atoms with Crippen molar-refractivity contribution in [3.05, 3.63) is 41.2 Å². The minimum absolute atomic E-state index is 0.0717. The van der Waals surface area contributed by atoms with Gasteiger partial charge in [0.15, 0.2) is 17.3 Å². The highest BCUT2D eigenvalue weighted by Gasteiger charge is 2.21. The van der Waals surface area contributed by atoms with Crippen LogP contribution in [0.3, 0.4) is 0 Å². The highest BCUT2D eigenvalue weighted by molar-refractivity contribution is 5.96. The van der Waals surface area contributed by atoms with Gasteiger partial charge in [-0.25, -0.2) is 14.8 Å². The topological polar surface area (TPSA) is 140 Å². The molecule has 1 fully saturated rings. The van der Waals surface area contributed by atoms with E-state index in [9.17, 15) is 9.59 Å². The number of carbonyl (C=O) groups is 2. The Morgan fingerprint density at radius 3 is 2.61 bits per heavy atom. The van der Waals surface area contributed by atoms with Crippen molar-refractivity contribution in [3.63, 3.8) is 0 Å². The minimum atomic E-state index is -0.665. The molecule has 3 rings (SSSR count). The van der Waals surface area contributed by atoms with E-state index < -0.39 is 17.6 Å². The first kappa shape index (κ1) is 26.8. The normalized spacial score (nSPS) is 13.8. The third-order valence-corrected chi connectivity index (χ3v) is 5.18. The van der Waals surface area contributed by atoms with Crippen molar-refractivity contribution < 1.29 is 19.1 Å². The fourth-order valence-corrected chi connectivity index (χ4v) is 3.51. The number of nitrogens with zero attached hydrogens (tertiary/aromatic N) is 2. The number of primary amides is 1. The number of nitrogens with one attached hydrogen (secondary N) is 3. The summed E-state index contributed by atoms with van der Waals surface area (Å²) in [6.07, 6.45) is 1.82. The summed E-state index contributed by atoms with van der Waals surface area (Å²) in [5.41, 5.74) is 7.17. The number of hydrogen-bond acceptors (Lipinski definition) is 8. The zero-order valence-corrected chi connectivity index (χ0v) is 21.2. The van der Waals surface area contributed by atoms with E-state index in [4.69, 9.17) is 15.2 Å². The van der Waals surface area contributed by atoms with E-state index in [0.29, 0.717) is 42.4 Å². The lowest BCUT2D eigenvalue weighted by Crippen LogP contribution is -2.32. The lowest BCUT2D eigenvalue weighted by molar-refractivity contribution is 0.0535. The number of aromatic nitrogens is 2. The lowest BCUT2D eigenvalue weighted by Gasteiger charge is -2.25. The van der Waals surface area contributed by atoms with E-state index in [0.717, 1.165) is 12.8 Å². The van der Waals surface area contributed by atoms with Crippen molar-refractivity contribution in [2.75, 3.05) is 30.4 Å². The van der Waals surface area contributed by atoms with E-state index >= 15 is 0 Å². The number of anilines is 3. The molecule has 36 heavy (non-hydrogen) atoms. The number of aryl methyl sites for hydroxylation is 1. The monoisotopic (exact) mass is 494 g/mol. The smallest absolute Gasteiger partial charge is 0.408 e. The number of nitrogens with two attached hydrogens (primary N) is 1. The van der Waals surface area contributed by atoms with Crippen LogP contribution < -0.4 is 21.7 Å². The molecule has 1 aromatic carbocycles. The van der Waals surface area contributed by atoms with Gasteiger partial charge < -0.3 is 31.2 Å². The first-order valence-corrected chi connectivity index (χ1v) is 12.0. The third-order valence-electron chi connectivity index (χ3n) is 5.18. The molecule has 0 radical (unpaired) electrons. The van der Waals surface area contributed by atoms with Crippen LogP contribution in [-0.2, 0) is 15.9 Å². The summed E-state index contributed by atoms with van der Waals surface area (Å²) in [7, 11) is 0. The van der Waals surface area contributed by atoms with Crippen molar-refractivity contribution in [1.82, 2.24) is 15.3 Å². The molecule has 0 aliphatic carbocycles. The number of amides is 2. The molecular formula is C26H34N6O4. The Bertz CT molecular complexity index is 1140. The molecule has 0 spiro atoms. The van der Waals surface area contributed by atoms with Crippen LogP contribution in [0.25, 0.3) is 0 Å². The predicted octanol–water partition coefficient (Wildman–Crippen LogP) is 3.35. The van der Waals surface area contributed by atoms with Gasteiger partial charge in [0.25, 0.3) is 5.91 Å². The van der Waals surface area contributed by atoms with Crippen LogP contribution in [0.2, 0.25) is 0 Å². The van der Waals surface area contributed by atoms with Gasteiger partial charge in [0.05, 0.1) is 12.2 Å². The number of alkyl carbamates (subject to hydrolysis) is 1. The van der Waals surface area contributed by atoms with Crippen LogP contribution in [0.1, 0.15) is 62.3 Å². The van der Waals surface area contributed by atoms with Gasteiger partial charge in [-0.3, -0.25) is 4.79 Å². The minimum Gasteiger partial charge on any atom is -0.444 e. The second-order valence-corrected chi connectivity index (χ2v) is 9.33. The average Bonchev–Trinajstić information content (AvgIpc) is 2.82. The third kappa shape index (κ3) is 8.13. The van der Waals surface area contributed by atoms with Crippen LogP contribution in [-0.4, -0.2) is 53.4 Å². The van der Waals surface area contributed by atoms with Crippen LogP contribution in [0.4, 0.5) is 22.1 Å². The Morgan fingerprint density at radius 2 is 1.94 bits per heavy atom. The highest BCUT2D eigenvalue weighted by Crippen LogP contribution is 2.24. The van der Waals surface area contributed by atoms with E-state index in [1.165, 1.54) is 0 Å². The summed E-state index contributed by atoms with van der Waals surface area (Å²) in [5, 5.41) is 9.21. The molecule has 0 atom stereocenters. The van der Waals surface area contributed by atoms with Crippen LogP contribution in [0, 0.1) is 11.8 Å². The van der Waals surface area contributed by atoms with Crippen molar-refractivity contribution >= 4 is 29.3 Å². The molecule has 0 saturated carbocycles. The molecule has 1 aliphatic rings. The van der Waals surface area contributed by atoms with E-state index in [2.05, 4.69) is 37.8 Å². The standard InChI is InChI=1S/C26H34N6O4/c1-5-20-23(29-18-11-14-35-15-12-18)32-24(21(31-20)22(27)33)30-19-10-6-8-17(16-19)9-7-13-28-25(34)36-26(2,3)4/h6,8,10,16,18H,5,11-15H2,1-4H3,(H2,27,33)(H,28,34)(H2,29,30,32). The molecule has 0 bridgehead atoms. The zero-order valence-electron chi connectivity index (χ0n) is 21.2. The second kappa shape index (κ2) is 12.2. The Morgan fingerprint density at radius 1 is 1.19 bits per heavy atom. The molecule has 2 heterocycles. The maximum Gasteiger partial charge on any atom is 0.408 e. The maximum atomic E-state index is 12.1. The second-order valence-electron chi connectivity index (χ2n) is 9.33. The van der Waals surface area contributed by atoms with Crippen LogP contribution >= 0.6 is 0 Å². The molecule has 10 nitrogen and oxygen atoms in total. The fourth-order valence-electron chi connectivity index (χ4n) is 3.51. The zero-order chi connectivity index (χ0) is 26.1. The van der Waals surface area contributed by atoms with Gasteiger partial charge in [-0.05, 0) is 58.2 Å². The predicted molar refractivity (Wildman–Crippen MR) is 138 cm³/mol. The van der Waals surface area contributed by atoms with E-state index in [1.807, 2.05) is 31.2 Å². The number of rotatable bonds is 7. The number of benzene rings is 1. The molecule has 1 aliphatic heterocycles. The molecular weight excluding hydrogens is 460 g/mol. The van der Waals surface area contributed by atoms with Crippen LogP contribution in [0.5, 0.6) is 0 Å². The Balaban J connectivity index is 1.75. The molecule has 1 aromatic heterocycles. The number of hydrogen-bond donors (Lipinski definition) is 4. The summed E-state index contributed by atoms with van der Waals surface area (Å²) < 4.78 is 10.6. The van der Waals surface area contributed by atoms with Gasteiger partial charge in [-0.1, -0.05) is 24.8 Å². The molecule has 2 aromatic rings. The Labute approximate surface area is 211 Å². The first-order valence-electron chi connectivity index (χ1n) is 12.0. The largest absolute Gasteiger partial charge is 0.444 e. The summed E-state index contributed by atoms with van der Waals surface area (Å²) in [6.45, 7) is 8.87. The van der Waals surface area contributed by atoms with Crippen molar-refractivity contribution in [3.8, 4) is 11.8 Å². The first-order chi connectivity index (χ1) is 17.1. The summed E-state index contributed by atoms with van der Waals surface area (Å²) in [6, 6.07) is 7.53. The Hall–Kier alpha value is -3.84. The molecule has 5 N–H and O–H groups in total. The molecule has 1 saturated heterocycles. The van der Waals surface area contributed by atoms with Crippen molar-refractivity contribution in [1.29, 1.82) is 0 Å². The quantitative estimate of drug-likeness (QED) is 0.430. The van der Waals surface area contributed by atoms with Crippen LogP contribution in [0.15, 0.2) is 24.3 Å². The maximum absolute atomic E-state index is 12.1. The van der Waals surface area contributed by atoms with E-state index in [-0.39, 0.29) is 24.1 Å². The van der Waals surface area contributed by atoms with E-state index in [1.54, 1.807) is 20.8 Å². The van der Waals surface area contributed by atoms with Gasteiger partial charge in [-0.2, -0.15) is 0 Å².